The van der Waals surface area contributed by atoms with Crippen LogP contribution in [0.25, 0.3) is 0 Å². The molecule has 5 nitrogen and oxygen atoms in total. The van der Waals surface area contributed by atoms with Gasteiger partial charge in [0.2, 0.25) is 0 Å². The number of amides is 1. The first-order valence-electron chi connectivity index (χ1n) is 7.23. The van der Waals surface area contributed by atoms with Gasteiger partial charge in [0.25, 0.3) is 0 Å². The third kappa shape index (κ3) is 4.62. The fraction of sp³-hybridized carbons (Fsp3) is 0.600. The van der Waals surface area contributed by atoms with Crippen molar-refractivity contribution in [2.45, 2.75) is 39.3 Å². The number of rotatable bonds is 1. The van der Waals surface area contributed by atoms with Crippen molar-refractivity contribution in [3.63, 3.8) is 0 Å². The first kappa shape index (κ1) is 17.6. The maximum absolute atomic E-state index is 12.2. The molecule has 0 aliphatic carbocycles. The molecule has 22 heavy (non-hydrogen) atoms. The van der Waals surface area contributed by atoms with E-state index in [1.54, 1.807) is 4.90 Å². The fourth-order valence-corrected chi connectivity index (χ4v) is 3.33. The lowest BCUT2D eigenvalue weighted by atomic mass is 10.2. The lowest BCUT2D eigenvalue weighted by molar-refractivity contribution is 0.0158. The Morgan fingerprint density at radius 2 is 2.09 bits per heavy atom. The Morgan fingerprint density at radius 1 is 1.41 bits per heavy atom. The number of anilines is 1. The summed E-state index contributed by atoms with van der Waals surface area (Å²) in [6.07, 6.45) is -0.256. The standard InChI is InChI=1S/C15H21ClIN3O2/c1-10-9-19(13-8-11(17)7-12(16)18-13)5-6-20(10)14(21)22-15(2,3)4/h7-8,10H,5-6,9H2,1-4H3/t10-/m1/s1. The molecular formula is C15H21ClIN3O2. The van der Waals surface area contributed by atoms with E-state index >= 15 is 0 Å². The Hall–Kier alpha value is -0.760. The van der Waals surface area contributed by atoms with Gasteiger partial charge in [0, 0.05) is 29.2 Å². The maximum Gasteiger partial charge on any atom is 0.410 e. The SMILES string of the molecule is C[C@@H]1CN(c2cc(I)cc(Cl)n2)CCN1C(=O)OC(C)(C)C. The maximum atomic E-state index is 12.2. The van der Waals surface area contributed by atoms with Gasteiger partial charge in [0.05, 0.1) is 0 Å². The third-order valence-electron chi connectivity index (χ3n) is 3.32. The zero-order chi connectivity index (χ0) is 16.5. The van der Waals surface area contributed by atoms with Crippen molar-refractivity contribution < 1.29 is 9.53 Å². The van der Waals surface area contributed by atoms with Gasteiger partial charge in [-0.3, -0.25) is 0 Å². The van der Waals surface area contributed by atoms with Crippen LogP contribution in [0.5, 0.6) is 0 Å². The Morgan fingerprint density at radius 3 is 2.64 bits per heavy atom. The predicted molar refractivity (Wildman–Crippen MR) is 96.6 cm³/mol. The molecule has 1 atom stereocenters. The minimum Gasteiger partial charge on any atom is -0.444 e. The highest BCUT2D eigenvalue weighted by Gasteiger charge is 2.31. The average Bonchev–Trinajstić information content (AvgIpc) is 2.35. The van der Waals surface area contributed by atoms with E-state index in [1.807, 2.05) is 39.8 Å². The summed E-state index contributed by atoms with van der Waals surface area (Å²) in [5.74, 6) is 0.854. The topological polar surface area (TPSA) is 45.7 Å². The van der Waals surface area contributed by atoms with E-state index < -0.39 is 5.60 Å². The number of hydrogen-bond acceptors (Lipinski definition) is 4. The molecule has 1 fully saturated rings. The summed E-state index contributed by atoms with van der Waals surface area (Å²) in [4.78, 5) is 20.5. The summed E-state index contributed by atoms with van der Waals surface area (Å²) in [6, 6.07) is 3.89. The van der Waals surface area contributed by atoms with Crippen molar-refractivity contribution in [3.05, 3.63) is 20.9 Å². The van der Waals surface area contributed by atoms with Crippen LogP contribution in [0.2, 0.25) is 5.15 Å². The molecule has 0 aromatic carbocycles. The number of ether oxygens (including phenoxy) is 1. The van der Waals surface area contributed by atoms with Crippen LogP contribution in [-0.4, -0.2) is 47.3 Å². The number of piperazine rings is 1. The van der Waals surface area contributed by atoms with Crippen LogP contribution in [0.3, 0.4) is 0 Å². The second-order valence-corrected chi connectivity index (χ2v) is 8.07. The monoisotopic (exact) mass is 437 g/mol. The predicted octanol–water partition coefficient (Wildman–Crippen LogP) is 3.79. The zero-order valence-electron chi connectivity index (χ0n) is 13.3. The van der Waals surface area contributed by atoms with Gasteiger partial charge in [-0.1, -0.05) is 11.6 Å². The van der Waals surface area contributed by atoms with Crippen LogP contribution in [0.1, 0.15) is 27.7 Å². The summed E-state index contributed by atoms with van der Waals surface area (Å²) < 4.78 is 6.51. The van der Waals surface area contributed by atoms with E-state index in [-0.39, 0.29) is 12.1 Å². The molecule has 0 bridgehead atoms. The van der Waals surface area contributed by atoms with Crippen LogP contribution >= 0.6 is 34.2 Å². The molecule has 0 saturated carbocycles. The Labute approximate surface area is 150 Å². The highest BCUT2D eigenvalue weighted by atomic mass is 127. The highest BCUT2D eigenvalue weighted by molar-refractivity contribution is 14.1. The van der Waals surface area contributed by atoms with E-state index in [9.17, 15) is 4.79 Å². The molecule has 0 radical (unpaired) electrons. The Bertz CT molecular complexity index is 542. The molecule has 2 heterocycles. The molecule has 0 unspecified atom stereocenters. The van der Waals surface area contributed by atoms with Crippen LogP contribution in [0, 0.1) is 3.57 Å². The van der Waals surface area contributed by atoms with Crippen molar-refractivity contribution in [1.82, 2.24) is 9.88 Å². The van der Waals surface area contributed by atoms with E-state index in [1.165, 1.54) is 0 Å². The molecule has 2 rings (SSSR count). The molecule has 122 valence electrons. The smallest absolute Gasteiger partial charge is 0.410 e. The van der Waals surface area contributed by atoms with Gasteiger partial charge >= 0.3 is 6.09 Å². The second kappa shape index (κ2) is 6.78. The van der Waals surface area contributed by atoms with Crippen molar-refractivity contribution >= 4 is 46.1 Å². The van der Waals surface area contributed by atoms with E-state index in [2.05, 4.69) is 32.5 Å². The Balaban J connectivity index is 2.05. The van der Waals surface area contributed by atoms with Gasteiger partial charge < -0.3 is 14.5 Å². The van der Waals surface area contributed by atoms with Crippen molar-refractivity contribution in [2.24, 2.45) is 0 Å². The second-order valence-electron chi connectivity index (χ2n) is 6.44. The van der Waals surface area contributed by atoms with Crippen LogP contribution in [0.4, 0.5) is 10.6 Å². The summed E-state index contributed by atoms with van der Waals surface area (Å²) in [6.45, 7) is 9.69. The molecule has 1 amide bonds. The van der Waals surface area contributed by atoms with Gasteiger partial charge in [0.1, 0.15) is 16.6 Å². The summed E-state index contributed by atoms with van der Waals surface area (Å²) in [5.41, 5.74) is -0.474. The molecule has 1 aromatic heterocycles. The molecule has 1 aliphatic heterocycles. The molecule has 0 spiro atoms. The zero-order valence-corrected chi connectivity index (χ0v) is 16.2. The number of aromatic nitrogens is 1. The Kier molecular flexibility index (Phi) is 5.42. The van der Waals surface area contributed by atoms with E-state index in [4.69, 9.17) is 16.3 Å². The quantitative estimate of drug-likeness (QED) is 0.495. The highest BCUT2D eigenvalue weighted by Crippen LogP contribution is 2.23. The summed E-state index contributed by atoms with van der Waals surface area (Å²) in [5, 5.41) is 0.490. The van der Waals surface area contributed by atoms with Crippen molar-refractivity contribution in [1.29, 1.82) is 0 Å². The molecule has 1 aromatic rings. The van der Waals surface area contributed by atoms with Gasteiger partial charge in [-0.25, -0.2) is 9.78 Å². The summed E-state index contributed by atoms with van der Waals surface area (Å²) >= 11 is 8.26. The van der Waals surface area contributed by atoms with E-state index in [0.29, 0.717) is 24.8 Å². The lowest BCUT2D eigenvalue weighted by Crippen LogP contribution is -2.55. The number of nitrogens with zero attached hydrogens (tertiary/aromatic N) is 3. The van der Waals surface area contributed by atoms with Crippen molar-refractivity contribution in [2.75, 3.05) is 24.5 Å². The third-order valence-corrected chi connectivity index (χ3v) is 4.14. The summed E-state index contributed by atoms with van der Waals surface area (Å²) in [7, 11) is 0. The lowest BCUT2D eigenvalue weighted by Gasteiger charge is -2.40. The number of hydrogen-bond donors (Lipinski definition) is 0. The number of halogens is 2. The van der Waals surface area contributed by atoms with Gasteiger partial charge in [-0.2, -0.15) is 0 Å². The van der Waals surface area contributed by atoms with Crippen molar-refractivity contribution in [3.8, 4) is 0 Å². The molecule has 1 saturated heterocycles. The van der Waals surface area contributed by atoms with Gasteiger partial charge in [-0.05, 0) is 62.4 Å². The molecular weight excluding hydrogens is 417 g/mol. The normalized spacial score (nSPS) is 19.3. The largest absolute Gasteiger partial charge is 0.444 e. The molecule has 0 N–H and O–H groups in total. The number of carbonyl (C=O) groups excluding carboxylic acids is 1. The van der Waals surface area contributed by atoms with Gasteiger partial charge in [0.15, 0.2) is 0 Å². The number of carbonyl (C=O) groups is 1. The average molecular weight is 438 g/mol. The van der Waals surface area contributed by atoms with Crippen LogP contribution < -0.4 is 4.90 Å². The minimum atomic E-state index is -0.474. The van der Waals surface area contributed by atoms with E-state index in [0.717, 1.165) is 9.39 Å². The first-order chi connectivity index (χ1) is 10.2. The minimum absolute atomic E-state index is 0.0574. The molecule has 1 aliphatic rings. The number of pyridine rings is 1. The first-order valence-corrected chi connectivity index (χ1v) is 8.69. The van der Waals surface area contributed by atoms with Gasteiger partial charge in [-0.15, -0.1) is 0 Å². The van der Waals surface area contributed by atoms with Crippen LogP contribution in [-0.2, 0) is 4.74 Å². The van der Waals surface area contributed by atoms with Crippen LogP contribution in [0.15, 0.2) is 12.1 Å². The molecule has 7 heteroatoms. The fourth-order valence-electron chi connectivity index (χ4n) is 2.37.